The summed E-state index contributed by atoms with van der Waals surface area (Å²) in [5, 5.41) is 20.0. The van der Waals surface area contributed by atoms with Crippen LogP contribution in [0, 0.1) is 10.1 Å². The number of carbonyl (C=O) groups is 1. The van der Waals surface area contributed by atoms with E-state index < -0.39 is 10.9 Å². The number of likely N-dealkylation sites (N-methyl/N-ethyl adjacent to an activating group) is 2. The molecule has 0 radical (unpaired) electrons. The average molecular weight is 295 g/mol. The molecule has 0 saturated carbocycles. The van der Waals surface area contributed by atoms with Gasteiger partial charge >= 0.3 is 5.97 Å². The minimum Gasteiger partial charge on any atom is -0.477 e. The number of hydrogen-bond acceptors (Lipinski definition) is 5. The van der Waals surface area contributed by atoms with Crippen LogP contribution in [0.15, 0.2) is 18.2 Å². The molecule has 21 heavy (non-hydrogen) atoms. The number of benzene rings is 1. The van der Waals surface area contributed by atoms with Crippen LogP contribution >= 0.6 is 0 Å². The lowest BCUT2D eigenvalue weighted by molar-refractivity contribution is -0.385. The Balaban J connectivity index is 3.20. The van der Waals surface area contributed by atoms with Gasteiger partial charge < -0.3 is 14.9 Å². The maximum atomic E-state index is 11.2. The van der Waals surface area contributed by atoms with Crippen molar-refractivity contribution >= 4 is 17.3 Å². The Hall–Kier alpha value is -2.15. The highest BCUT2D eigenvalue weighted by Gasteiger charge is 2.22. The Bertz CT molecular complexity index is 531. The molecule has 1 aromatic carbocycles. The first-order valence-electron chi connectivity index (χ1n) is 6.71. The van der Waals surface area contributed by atoms with Crippen molar-refractivity contribution in [3.8, 4) is 0 Å². The maximum absolute atomic E-state index is 11.2. The molecule has 1 unspecified atom stereocenters. The number of rotatable bonds is 7. The molecule has 0 aliphatic rings. The molecule has 7 nitrogen and oxygen atoms in total. The third-order valence-electron chi connectivity index (χ3n) is 3.24. The van der Waals surface area contributed by atoms with Crippen LogP contribution in [0.1, 0.15) is 24.2 Å². The summed E-state index contributed by atoms with van der Waals surface area (Å²) >= 11 is 0. The summed E-state index contributed by atoms with van der Waals surface area (Å²) in [6, 6.07) is 4.38. The van der Waals surface area contributed by atoms with Gasteiger partial charge in [0.05, 0.1) is 4.92 Å². The summed E-state index contributed by atoms with van der Waals surface area (Å²) < 4.78 is 0. The third-order valence-corrected chi connectivity index (χ3v) is 3.24. The molecule has 0 spiro atoms. The van der Waals surface area contributed by atoms with Crippen molar-refractivity contribution in [1.82, 2.24) is 4.90 Å². The molecule has 0 aromatic heterocycles. The molecule has 7 heteroatoms. The molecule has 0 aliphatic heterocycles. The molecule has 1 atom stereocenters. The predicted octanol–water partition coefficient (Wildman–Crippen LogP) is 2.07. The normalized spacial score (nSPS) is 12.2. The SMILES string of the molecule is CCN(c1ccc([N+](=O)[O-])c(C(=O)O)c1)C(C)CN(C)C. The molecule has 1 aromatic rings. The highest BCUT2D eigenvalue weighted by molar-refractivity contribution is 5.93. The van der Waals surface area contributed by atoms with Gasteiger partial charge in [-0.1, -0.05) is 0 Å². The van der Waals surface area contributed by atoms with Crippen molar-refractivity contribution in [2.45, 2.75) is 19.9 Å². The molecule has 1 rings (SSSR count). The molecule has 0 heterocycles. The smallest absolute Gasteiger partial charge is 0.342 e. The number of nitrogens with zero attached hydrogens (tertiary/aromatic N) is 3. The summed E-state index contributed by atoms with van der Waals surface area (Å²) in [5.74, 6) is -1.29. The van der Waals surface area contributed by atoms with Crippen molar-refractivity contribution in [1.29, 1.82) is 0 Å². The Morgan fingerprint density at radius 3 is 2.48 bits per heavy atom. The summed E-state index contributed by atoms with van der Waals surface area (Å²) in [6.07, 6.45) is 0. The van der Waals surface area contributed by atoms with Crippen LogP contribution in [0.4, 0.5) is 11.4 Å². The number of nitro groups is 1. The molecule has 0 fully saturated rings. The minimum atomic E-state index is -1.29. The highest BCUT2D eigenvalue weighted by Crippen LogP contribution is 2.26. The molecule has 0 saturated heterocycles. The zero-order valence-electron chi connectivity index (χ0n) is 12.7. The Morgan fingerprint density at radius 2 is 2.05 bits per heavy atom. The van der Waals surface area contributed by atoms with E-state index >= 15 is 0 Å². The average Bonchev–Trinajstić information content (AvgIpc) is 2.38. The standard InChI is InChI=1S/C14H21N3O4/c1-5-16(10(2)9-15(3)4)11-6-7-13(17(20)21)12(8-11)14(18)19/h6-8,10H,5,9H2,1-4H3,(H,18,19). The first-order chi connectivity index (χ1) is 9.77. The first kappa shape index (κ1) is 16.9. The van der Waals surface area contributed by atoms with Crippen molar-refractivity contribution in [2.75, 3.05) is 32.1 Å². The number of carboxylic acid groups (broad SMARTS) is 1. The fourth-order valence-corrected chi connectivity index (χ4v) is 2.41. The van der Waals surface area contributed by atoms with Gasteiger partial charge in [0.15, 0.2) is 0 Å². The third kappa shape index (κ3) is 4.16. The summed E-state index contributed by atoms with van der Waals surface area (Å²) in [6.45, 7) is 5.48. The Kier molecular flexibility index (Phi) is 5.66. The van der Waals surface area contributed by atoms with Crippen LogP contribution < -0.4 is 4.90 Å². The lowest BCUT2D eigenvalue weighted by atomic mass is 10.1. The highest BCUT2D eigenvalue weighted by atomic mass is 16.6. The quantitative estimate of drug-likeness (QED) is 0.612. The fourth-order valence-electron chi connectivity index (χ4n) is 2.41. The van der Waals surface area contributed by atoms with E-state index in [0.29, 0.717) is 12.2 Å². The second-order valence-electron chi connectivity index (χ2n) is 5.16. The minimum absolute atomic E-state index is 0.160. The Morgan fingerprint density at radius 1 is 1.43 bits per heavy atom. The van der Waals surface area contributed by atoms with Crippen molar-refractivity contribution in [2.24, 2.45) is 0 Å². The van der Waals surface area contributed by atoms with E-state index in [-0.39, 0.29) is 17.3 Å². The van der Waals surface area contributed by atoms with Crippen LogP contribution in [0.2, 0.25) is 0 Å². The molecule has 0 aliphatic carbocycles. The van der Waals surface area contributed by atoms with Crippen LogP contribution in [0.25, 0.3) is 0 Å². The van der Waals surface area contributed by atoms with Crippen molar-refractivity contribution in [3.05, 3.63) is 33.9 Å². The molecular weight excluding hydrogens is 274 g/mol. The van der Waals surface area contributed by atoms with E-state index in [0.717, 1.165) is 6.54 Å². The van der Waals surface area contributed by atoms with E-state index in [1.807, 2.05) is 37.7 Å². The fraction of sp³-hybridized carbons (Fsp3) is 0.500. The van der Waals surface area contributed by atoms with Crippen molar-refractivity contribution < 1.29 is 14.8 Å². The van der Waals surface area contributed by atoms with Gasteiger partial charge in [-0.2, -0.15) is 0 Å². The molecule has 0 bridgehead atoms. The van der Waals surface area contributed by atoms with E-state index in [9.17, 15) is 14.9 Å². The number of anilines is 1. The monoisotopic (exact) mass is 295 g/mol. The zero-order valence-corrected chi connectivity index (χ0v) is 12.7. The van der Waals surface area contributed by atoms with Crippen LogP contribution in [0.5, 0.6) is 0 Å². The van der Waals surface area contributed by atoms with Gasteiger partial charge in [-0.15, -0.1) is 0 Å². The van der Waals surface area contributed by atoms with Gasteiger partial charge in [-0.3, -0.25) is 10.1 Å². The van der Waals surface area contributed by atoms with Gasteiger partial charge in [0.2, 0.25) is 0 Å². The van der Waals surface area contributed by atoms with E-state index in [1.54, 1.807) is 6.07 Å². The lowest BCUT2D eigenvalue weighted by Gasteiger charge is -2.32. The van der Waals surface area contributed by atoms with Crippen LogP contribution in [-0.2, 0) is 0 Å². The molecule has 116 valence electrons. The topological polar surface area (TPSA) is 86.9 Å². The first-order valence-corrected chi connectivity index (χ1v) is 6.71. The number of carboxylic acids is 1. The largest absolute Gasteiger partial charge is 0.477 e. The van der Waals surface area contributed by atoms with Crippen molar-refractivity contribution in [3.63, 3.8) is 0 Å². The van der Waals surface area contributed by atoms with Gasteiger partial charge in [-0.05, 0) is 40.1 Å². The molecule has 0 amide bonds. The van der Waals surface area contributed by atoms with E-state index in [1.165, 1.54) is 12.1 Å². The van der Waals surface area contributed by atoms with E-state index in [4.69, 9.17) is 5.11 Å². The van der Waals surface area contributed by atoms with Gasteiger partial charge in [0.25, 0.3) is 5.69 Å². The van der Waals surface area contributed by atoms with Crippen LogP contribution in [-0.4, -0.2) is 54.1 Å². The summed E-state index contributed by atoms with van der Waals surface area (Å²) in [7, 11) is 3.92. The van der Waals surface area contributed by atoms with Gasteiger partial charge in [0.1, 0.15) is 5.56 Å². The molecule has 1 N–H and O–H groups in total. The zero-order chi connectivity index (χ0) is 16.2. The summed E-state index contributed by atoms with van der Waals surface area (Å²) in [4.78, 5) is 25.5. The lowest BCUT2D eigenvalue weighted by Crippen LogP contribution is -2.40. The second-order valence-corrected chi connectivity index (χ2v) is 5.16. The van der Waals surface area contributed by atoms with Gasteiger partial charge in [0, 0.05) is 30.9 Å². The predicted molar refractivity (Wildman–Crippen MR) is 81.1 cm³/mol. The second kappa shape index (κ2) is 7.03. The number of aromatic carboxylic acids is 1. The van der Waals surface area contributed by atoms with Gasteiger partial charge in [-0.25, -0.2) is 4.79 Å². The Labute approximate surface area is 123 Å². The summed E-state index contributed by atoms with van der Waals surface area (Å²) in [5.41, 5.74) is 0.00502. The molecular formula is C14H21N3O4. The maximum Gasteiger partial charge on any atom is 0.342 e. The van der Waals surface area contributed by atoms with E-state index in [2.05, 4.69) is 0 Å². The number of hydrogen-bond donors (Lipinski definition) is 1. The van der Waals surface area contributed by atoms with Crippen LogP contribution in [0.3, 0.4) is 0 Å². The number of nitro benzene ring substituents is 1.